The number of ether oxygens (including phenoxy) is 1. The van der Waals surface area contributed by atoms with Gasteiger partial charge in [0.2, 0.25) is 14.2 Å². The highest BCUT2D eigenvalue weighted by Crippen LogP contribution is 2.36. The lowest BCUT2D eigenvalue weighted by atomic mass is 9.95. The van der Waals surface area contributed by atoms with E-state index in [1.165, 1.54) is 0 Å². The lowest BCUT2D eigenvalue weighted by Crippen LogP contribution is -2.31. The third-order valence-electron chi connectivity index (χ3n) is 3.78. The normalized spacial score (nSPS) is 14.3. The number of benzene rings is 1. The molecule has 1 unspecified atom stereocenters. The van der Waals surface area contributed by atoms with Crippen LogP contribution in [0.15, 0.2) is 36.5 Å². The number of carbonyl (C=O) groups is 1. The zero-order valence-electron chi connectivity index (χ0n) is 13.9. The molecule has 1 aromatic carbocycles. The maximum Gasteiger partial charge on any atom is 0.299 e. The van der Waals surface area contributed by atoms with Crippen LogP contribution in [0.5, 0.6) is 11.6 Å². The number of hydrogen-bond acceptors (Lipinski definition) is 4. The molecule has 0 N–H and O–H groups in total. The molecule has 0 radical (unpaired) electrons. The minimum atomic E-state index is -1.87. The second kappa shape index (κ2) is 5.81. The highest BCUT2D eigenvalue weighted by Gasteiger charge is 2.26. The third kappa shape index (κ3) is 3.45. The second-order valence-electron chi connectivity index (χ2n) is 6.87. The van der Waals surface area contributed by atoms with E-state index in [2.05, 4.69) is 4.98 Å². The van der Waals surface area contributed by atoms with Crippen molar-refractivity contribution in [1.29, 1.82) is 0 Å². The van der Waals surface area contributed by atoms with Gasteiger partial charge in [0.15, 0.2) is 0 Å². The van der Waals surface area contributed by atoms with E-state index in [4.69, 9.17) is 9.16 Å². The summed E-state index contributed by atoms with van der Waals surface area (Å²) in [6.07, 6.45) is 2.49. The van der Waals surface area contributed by atoms with Crippen LogP contribution in [0, 0.1) is 0 Å². The van der Waals surface area contributed by atoms with Crippen molar-refractivity contribution in [2.45, 2.75) is 38.9 Å². The van der Waals surface area contributed by atoms with Crippen molar-refractivity contribution in [1.82, 2.24) is 4.98 Å². The summed E-state index contributed by atoms with van der Waals surface area (Å²) < 4.78 is 11.4. The van der Waals surface area contributed by atoms with E-state index in [1.807, 2.05) is 56.9 Å². The Morgan fingerprint density at radius 1 is 1.26 bits per heavy atom. The topological polar surface area (TPSA) is 48.4 Å². The average Bonchev–Trinajstić information content (AvgIpc) is 2.50. The monoisotopic (exact) mass is 327 g/mol. The van der Waals surface area contributed by atoms with Gasteiger partial charge >= 0.3 is 0 Å². The van der Waals surface area contributed by atoms with Crippen molar-refractivity contribution in [3.05, 3.63) is 53.2 Å². The molecule has 120 valence electrons. The van der Waals surface area contributed by atoms with E-state index < -0.39 is 8.32 Å². The SMILES string of the molecule is CC(C(=O)O[Si](C)(C)C)c1ccc2c(c1)Cc1cccnc1O2. The Labute approximate surface area is 137 Å². The standard InChI is InChI=1S/C18H21NO3Si/c1-12(18(20)22-23(2,3)4)13-7-8-16-15(10-13)11-14-6-5-9-19-17(14)21-16/h5-10,12H,11H2,1-4H3. The van der Waals surface area contributed by atoms with E-state index in [0.29, 0.717) is 5.88 Å². The Morgan fingerprint density at radius 3 is 2.78 bits per heavy atom. The van der Waals surface area contributed by atoms with Gasteiger partial charge in [0.05, 0.1) is 5.92 Å². The molecule has 1 aliphatic rings. The van der Waals surface area contributed by atoms with Gasteiger partial charge in [0, 0.05) is 18.2 Å². The number of pyridine rings is 1. The number of hydrogen-bond donors (Lipinski definition) is 0. The fraction of sp³-hybridized carbons (Fsp3) is 0.333. The van der Waals surface area contributed by atoms with Gasteiger partial charge in [-0.05, 0) is 49.8 Å². The lowest BCUT2D eigenvalue weighted by Gasteiger charge is -2.23. The van der Waals surface area contributed by atoms with Crippen LogP contribution in [-0.2, 0) is 15.6 Å². The molecule has 1 aliphatic heterocycles. The maximum absolute atomic E-state index is 12.3. The molecule has 0 aliphatic carbocycles. The van der Waals surface area contributed by atoms with Gasteiger partial charge in [-0.25, -0.2) is 4.98 Å². The fourth-order valence-corrected chi connectivity index (χ4v) is 3.37. The first-order valence-electron chi connectivity index (χ1n) is 7.81. The van der Waals surface area contributed by atoms with Gasteiger partial charge < -0.3 is 9.16 Å². The molecule has 23 heavy (non-hydrogen) atoms. The first-order chi connectivity index (χ1) is 10.8. The summed E-state index contributed by atoms with van der Waals surface area (Å²) in [6.45, 7) is 7.94. The summed E-state index contributed by atoms with van der Waals surface area (Å²) >= 11 is 0. The maximum atomic E-state index is 12.3. The Hall–Kier alpha value is -2.14. The Bertz CT molecular complexity index is 752. The molecule has 1 atom stereocenters. The molecule has 3 rings (SSSR count). The average molecular weight is 327 g/mol. The van der Waals surface area contributed by atoms with Crippen molar-refractivity contribution in [2.24, 2.45) is 0 Å². The van der Waals surface area contributed by atoms with Crippen molar-refractivity contribution in [2.75, 3.05) is 0 Å². The summed E-state index contributed by atoms with van der Waals surface area (Å²) in [5.74, 6) is 1.05. The quantitative estimate of drug-likeness (QED) is 0.674. The minimum Gasteiger partial charge on any atom is -0.519 e. The van der Waals surface area contributed by atoms with Crippen LogP contribution in [0.4, 0.5) is 0 Å². The molecular weight excluding hydrogens is 306 g/mol. The Morgan fingerprint density at radius 2 is 2.04 bits per heavy atom. The van der Waals surface area contributed by atoms with Gasteiger partial charge in [-0.15, -0.1) is 0 Å². The van der Waals surface area contributed by atoms with Crippen LogP contribution in [0.2, 0.25) is 19.6 Å². The highest BCUT2D eigenvalue weighted by molar-refractivity contribution is 6.71. The third-order valence-corrected chi connectivity index (χ3v) is 4.60. The number of rotatable bonds is 3. The van der Waals surface area contributed by atoms with Crippen LogP contribution in [0.25, 0.3) is 0 Å². The number of nitrogens with zero attached hydrogens (tertiary/aromatic N) is 1. The zero-order valence-corrected chi connectivity index (χ0v) is 14.9. The first kappa shape index (κ1) is 15.7. The first-order valence-corrected chi connectivity index (χ1v) is 11.2. The van der Waals surface area contributed by atoms with E-state index in [9.17, 15) is 4.79 Å². The van der Waals surface area contributed by atoms with Gasteiger partial charge in [-0.1, -0.05) is 18.2 Å². The minimum absolute atomic E-state index is 0.150. The van der Waals surface area contributed by atoms with Gasteiger partial charge in [0.1, 0.15) is 5.75 Å². The molecule has 0 saturated heterocycles. The number of aromatic nitrogens is 1. The highest BCUT2D eigenvalue weighted by atomic mass is 28.4. The van der Waals surface area contributed by atoms with Gasteiger partial charge in [-0.2, -0.15) is 0 Å². The Kier molecular flexibility index (Phi) is 3.98. The van der Waals surface area contributed by atoms with Crippen LogP contribution in [-0.4, -0.2) is 19.3 Å². The predicted octanol–water partition coefficient (Wildman–Crippen LogP) is 4.26. The van der Waals surface area contributed by atoms with E-state index in [1.54, 1.807) is 6.20 Å². The summed E-state index contributed by atoms with van der Waals surface area (Å²) in [5, 5.41) is 0. The molecular formula is C18H21NO3Si. The lowest BCUT2D eigenvalue weighted by molar-refractivity contribution is -0.136. The Balaban J connectivity index is 1.84. The second-order valence-corrected chi connectivity index (χ2v) is 11.3. The van der Waals surface area contributed by atoms with Crippen molar-refractivity contribution < 1.29 is 14.0 Å². The molecule has 4 nitrogen and oxygen atoms in total. The van der Waals surface area contributed by atoms with Crippen LogP contribution in [0.1, 0.15) is 29.5 Å². The van der Waals surface area contributed by atoms with Crippen LogP contribution >= 0.6 is 0 Å². The van der Waals surface area contributed by atoms with E-state index in [-0.39, 0.29) is 11.9 Å². The van der Waals surface area contributed by atoms with Crippen molar-refractivity contribution in [3.63, 3.8) is 0 Å². The van der Waals surface area contributed by atoms with Crippen molar-refractivity contribution in [3.8, 4) is 11.6 Å². The zero-order chi connectivity index (χ0) is 16.6. The number of carbonyl (C=O) groups excluding carboxylic acids is 1. The van der Waals surface area contributed by atoms with Gasteiger partial charge in [0.25, 0.3) is 5.97 Å². The summed E-state index contributed by atoms with van der Waals surface area (Å²) in [7, 11) is -1.87. The molecule has 2 aromatic rings. The van der Waals surface area contributed by atoms with Crippen LogP contribution < -0.4 is 4.74 Å². The summed E-state index contributed by atoms with van der Waals surface area (Å²) in [4.78, 5) is 16.5. The molecule has 0 spiro atoms. The summed E-state index contributed by atoms with van der Waals surface area (Å²) in [6, 6.07) is 9.82. The smallest absolute Gasteiger partial charge is 0.299 e. The molecule has 5 heteroatoms. The predicted molar refractivity (Wildman–Crippen MR) is 91.4 cm³/mol. The molecule has 0 amide bonds. The van der Waals surface area contributed by atoms with Gasteiger partial charge in [-0.3, -0.25) is 4.79 Å². The fourth-order valence-electron chi connectivity index (χ4n) is 2.59. The molecule has 2 heterocycles. The molecule has 0 saturated carbocycles. The van der Waals surface area contributed by atoms with Crippen LogP contribution in [0.3, 0.4) is 0 Å². The van der Waals surface area contributed by atoms with E-state index >= 15 is 0 Å². The van der Waals surface area contributed by atoms with Crippen molar-refractivity contribution >= 4 is 14.3 Å². The number of fused-ring (bicyclic) bond motifs is 2. The summed E-state index contributed by atoms with van der Waals surface area (Å²) in [5.41, 5.74) is 3.10. The van der Waals surface area contributed by atoms with E-state index in [0.717, 1.165) is 28.9 Å². The molecule has 0 fully saturated rings. The molecule has 1 aromatic heterocycles. The largest absolute Gasteiger partial charge is 0.519 e. The molecule has 0 bridgehead atoms.